The predicted octanol–water partition coefficient (Wildman–Crippen LogP) is -0.0705. The fourth-order valence-corrected chi connectivity index (χ4v) is 1.89. The Balaban J connectivity index is 3.54. The zero-order chi connectivity index (χ0) is 14.1. The minimum Gasteiger partial charge on any atom is -0.491 e. The lowest BCUT2D eigenvalue weighted by molar-refractivity contribution is -0.275. The second-order valence-electron chi connectivity index (χ2n) is 2.94. The van der Waals surface area contributed by atoms with Gasteiger partial charge in [0.05, 0.1) is 13.3 Å². The second-order valence-corrected chi connectivity index (χ2v) is 4.44. The molecule has 1 aromatic heterocycles. The Morgan fingerprint density at radius 1 is 1.39 bits per heavy atom. The molecule has 0 unspecified atom stereocenters. The van der Waals surface area contributed by atoms with Crippen molar-refractivity contribution in [3.05, 3.63) is 16.6 Å². The molecule has 0 aliphatic carbocycles. The Morgan fingerprint density at radius 2 is 1.94 bits per heavy atom. The smallest absolute Gasteiger partial charge is 0.491 e. The normalized spacial score (nSPS) is 12.3. The third-order valence-corrected chi connectivity index (χ3v) is 2.62. The van der Waals surface area contributed by atoms with Gasteiger partial charge in [0.2, 0.25) is 10.0 Å². The lowest BCUT2D eigenvalue weighted by atomic mass is 10.4. The zero-order valence-corrected chi connectivity index (χ0v) is 9.55. The number of nitrogens with one attached hydrogen (secondary N) is 1. The number of hydrogen-bond acceptors (Lipinski definition) is 5. The van der Waals surface area contributed by atoms with Gasteiger partial charge in [-0.25, -0.2) is 13.6 Å². The van der Waals surface area contributed by atoms with Crippen LogP contribution in [0.2, 0.25) is 0 Å². The van der Waals surface area contributed by atoms with E-state index in [1.165, 1.54) is 0 Å². The molecule has 0 fully saturated rings. The zero-order valence-electron chi connectivity index (χ0n) is 8.74. The van der Waals surface area contributed by atoms with Gasteiger partial charge in [-0.05, 0) is 0 Å². The molecular formula is C7H7F3N2O5S. The van der Waals surface area contributed by atoms with Crippen LogP contribution in [0.5, 0.6) is 11.5 Å². The van der Waals surface area contributed by atoms with Gasteiger partial charge in [0.25, 0.3) is 5.56 Å². The summed E-state index contributed by atoms with van der Waals surface area (Å²) in [4.78, 5) is 11.8. The average molecular weight is 288 g/mol. The van der Waals surface area contributed by atoms with E-state index in [1.54, 1.807) is 4.98 Å². The number of rotatable bonds is 3. The number of ether oxygens (including phenoxy) is 2. The van der Waals surface area contributed by atoms with Crippen LogP contribution in [0.25, 0.3) is 0 Å². The van der Waals surface area contributed by atoms with Gasteiger partial charge in [-0.15, -0.1) is 13.2 Å². The van der Waals surface area contributed by atoms with Crippen LogP contribution in [-0.4, -0.2) is 26.9 Å². The fraction of sp³-hybridized carbons (Fsp3) is 0.286. The van der Waals surface area contributed by atoms with Crippen LogP contribution < -0.4 is 20.2 Å². The number of halogens is 3. The lowest BCUT2D eigenvalue weighted by Gasteiger charge is -2.13. The second kappa shape index (κ2) is 4.49. The van der Waals surface area contributed by atoms with Crippen molar-refractivity contribution in [2.45, 2.75) is 11.3 Å². The quantitative estimate of drug-likeness (QED) is 0.808. The van der Waals surface area contributed by atoms with Crippen LogP contribution >= 0.6 is 0 Å². The summed E-state index contributed by atoms with van der Waals surface area (Å²) < 4.78 is 66.2. The van der Waals surface area contributed by atoms with Crippen molar-refractivity contribution < 1.29 is 31.1 Å². The van der Waals surface area contributed by atoms with Gasteiger partial charge >= 0.3 is 6.36 Å². The molecule has 0 saturated carbocycles. The van der Waals surface area contributed by atoms with Crippen LogP contribution in [0.15, 0.2) is 15.9 Å². The molecule has 0 radical (unpaired) electrons. The topological polar surface area (TPSA) is 111 Å². The number of aromatic amines is 1. The standard InChI is InChI=1S/C7H7F3N2O5S/c1-16-4-3(17-7(8,9)10)2-12-6(13)5(4)18(11,14)15/h2H,1H3,(H,12,13)(H2,11,14,15). The molecule has 3 N–H and O–H groups in total. The molecule has 7 nitrogen and oxygen atoms in total. The van der Waals surface area contributed by atoms with Crippen LogP contribution in [0, 0.1) is 0 Å². The predicted molar refractivity (Wildman–Crippen MR) is 51.7 cm³/mol. The highest BCUT2D eigenvalue weighted by atomic mass is 32.2. The minimum atomic E-state index is -5.08. The SMILES string of the molecule is COc1c(OC(F)(F)F)c[nH]c(=O)c1S(N)(=O)=O. The maximum absolute atomic E-state index is 12.0. The van der Waals surface area contributed by atoms with Crippen LogP contribution in [-0.2, 0) is 10.0 Å². The molecule has 1 rings (SSSR count). The summed E-state index contributed by atoms with van der Waals surface area (Å²) in [6, 6.07) is 0. The van der Waals surface area contributed by atoms with Gasteiger partial charge in [0, 0.05) is 0 Å². The van der Waals surface area contributed by atoms with Gasteiger partial charge in [-0.3, -0.25) is 4.79 Å². The maximum atomic E-state index is 12.0. The molecule has 0 aromatic carbocycles. The number of nitrogens with two attached hydrogens (primary N) is 1. The lowest BCUT2D eigenvalue weighted by Crippen LogP contribution is -2.26. The van der Waals surface area contributed by atoms with E-state index < -0.39 is 38.3 Å². The molecule has 102 valence electrons. The summed E-state index contributed by atoms with van der Waals surface area (Å²) in [5, 5.41) is 4.70. The largest absolute Gasteiger partial charge is 0.573 e. The van der Waals surface area contributed by atoms with E-state index in [-0.39, 0.29) is 0 Å². The number of sulfonamides is 1. The number of hydrogen-bond donors (Lipinski definition) is 2. The molecule has 0 atom stereocenters. The van der Waals surface area contributed by atoms with Gasteiger partial charge in [-0.2, -0.15) is 0 Å². The maximum Gasteiger partial charge on any atom is 0.573 e. The molecule has 0 bridgehead atoms. The number of aromatic nitrogens is 1. The van der Waals surface area contributed by atoms with E-state index in [4.69, 9.17) is 5.14 Å². The summed E-state index contributed by atoms with van der Waals surface area (Å²) in [6.07, 6.45) is -4.56. The number of H-pyrrole nitrogens is 1. The minimum absolute atomic E-state index is 0.517. The van der Waals surface area contributed by atoms with Crippen molar-refractivity contribution >= 4 is 10.0 Å². The third kappa shape index (κ3) is 3.13. The molecular weight excluding hydrogens is 281 g/mol. The monoisotopic (exact) mass is 288 g/mol. The van der Waals surface area contributed by atoms with E-state index in [1.807, 2.05) is 0 Å². The summed E-state index contributed by atoms with van der Waals surface area (Å²) in [5.74, 6) is -1.94. The van der Waals surface area contributed by atoms with E-state index >= 15 is 0 Å². The number of methoxy groups -OCH3 is 1. The van der Waals surface area contributed by atoms with Crippen molar-refractivity contribution in [1.82, 2.24) is 4.98 Å². The van der Waals surface area contributed by atoms with Gasteiger partial charge in [0.1, 0.15) is 0 Å². The number of pyridine rings is 1. The molecule has 1 aromatic rings. The number of primary sulfonamides is 1. The Bertz CT molecular complexity index is 606. The Kier molecular flexibility index (Phi) is 3.57. The summed E-state index contributed by atoms with van der Waals surface area (Å²) >= 11 is 0. The van der Waals surface area contributed by atoms with E-state index in [0.29, 0.717) is 6.20 Å². The highest BCUT2D eigenvalue weighted by Crippen LogP contribution is 2.33. The highest BCUT2D eigenvalue weighted by molar-refractivity contribution is 7.89. The van der Waals surface area contributed by atoms with E-state index in [2.05, 4.69) is 9.47 Å². The van der Waals surface area contributed by atoms with Gasteiger partial charge in [0.15, 0.2) is 16.4 Å². The van der Waals surface area contributed by atoms with Crippen LogP contribution in [0.3, 0.4) is 0 Å². The Morgan fingerprint density at radius 3 is 2.33 bits per heavy atom. The highest BCUT2D eigenvalue weighted by Gasteiger charge is 2.34. The Labute approximate surface area is 98.4 Å². The Hall–Kier alpha value is -1.75. The van der Waals surface area contributed by atoms with Crippen molar-refractivity contribution in [3.8, 4) is 11.5 Å². The number of alkyl halides is 3. The average Bonchev–Trinajstić information content (AvgIpc) is 2.16. The molecule has 0 amide bonds. The first-order valence-corrected chi connectivity index (χ1v) is 5.69. The molecule has 0 spiro atoms. The van der Waals surface area contributed by atoms with Gasteiger partial charge < -0.3 is 14.5 Å². The molecule has 11 heteroatoms. The van der Waals surface area contributed by atoms with E-state index in [0.717, 1.165) is 7.11 Å². The fourth-order valence-electron chi connectivity index (χ4n) is 1.13. The molecule has 0 aliphatic heterocycles. The third-order valence-electron chi connectivity index (χ3n) is 1.68. The van der Waals surface area contributed by atoms with Crippen molar-refractivity contribution in [2.75, 3.05) is 7.11 Å². The van der Waals surface area contributed by atoms with Crippen LogP contribution in [0.1, 0.15) is 0 Å². The molecule has 0 aliphatic rings. The van der Waals surface area contributed by atoms with Crippen LogP contribution in [0.4, 0.5) is 13.2 Å². The van der Waals surface area contributed by atoms with E-state index in [9.17, 15) is 26.4 Å². The summed E-state index contributed by atoms with van der Waals surface area (Å²) in [5.41, 5.74) is -1.22. The van der Waals surface area contributed by atoms with Crippen molar-refractivity contribution in [3.63, 3.8) is 0 Å². The molecule has 18 heavy (non-hydrogen) atoms. The first-order chi connectivity index (χ1) is 8.06. The first kappa shape index (κ1) is 14.3. The first-order valence-electron chi connectivity index (χ1n) is 4.14. The molecule has 0 saturated heterocycles. The van der Waals surface area contributed by atoms with Crippen molar-refractivity contribution in [1.29, 1.82) is 0 Å². The summed E-state index contributed by atoms with van der Waals surface area (Å²) in [6.45, 7) is 0. The summed E-state index contributed by atoms with van der Waals surface area (Å²) in [7, 11) is -3.70. The molecule has 1 heterocycles. The van der Waals surface area contributed by atoms with Gasteiger partial charge in [-0.1, -0.05) is 0 Å². The van der Waals surface area contributed by atoms with Crippen molar-refractivity contribution in [2.24, 2.45) is 5.14 Å².